The molecule has 13 rings (SSSR count). The Labute approximate surface area is 361 Å². The molecule has 0 N–H and O–H groups in total. The van der Waals surface area contributed by atoms with E-state index in [9.17, 15) is 0 Å². The van der Waals surface area contributed by atoms with Gasteiger partial charge in [0.1, 0.15) is 0 Å². The fraction of sp³-hybridized carbons (Fsp3) is 0.0164. The lowest BCUT2D eigenvalue weighted by Crippen LogP contribution is -2.25. The van der Waals surface area contributed by atoms with E-state index < -0.39 is 5.41 Å². The normalized spacial score (nSPS) is 13.0. The first-order valence-electron chi connectivity index (χ1n) is 21.6. The Balaban J connectivity index is 1.04. The maximum Gasteiger partial charge on any atom is 0.0725 e. The summed E-state index contributed by atoms with van der Waals surface area (Å²) in [5, 5.41) is 7.61. The molecule has 0 saturated carbocycles. The molecule has 0 bridgehead atoms. The molecule has 1 nitrogen and oxygen atoms in total. The molecule has 288 valence electrons. The lowest BCUT2D eigenvalue weighted by molar-refractivity contribution is 0.794. The van der Waals surface area contributed by atoms with Crippen LogP contribution in [0.25, 0.3) is 76.8 Å². The molecule has 11 aromatic carbocycles. The summed E-state index contributed by atoms with van der Waals surface area (Å²) in [4.78, 5) is 2.47. The van der Waals surface area contributed by atoms with Gasteiger partial charge in [0.15, 0.2) is 0 Å². The highest BCUT2D eigenvalue weighted by atomic mass is 15.1. The van der Waals surface area contributed by atoms with Crippen LogP contribution in [0.2, 0.25) is 0 Å². The van der Waals surface area contributed by atoms with Crippen LogP contribution in [0.5, 0.6) is 0 Å². The SMILES string of the molecule is c1ccc(-c2ccc(-c3cccc(N(c4ccc5c(c4)-c4ccccc4C54c5ccccc5-c5ccccc54)c4ccc5c6ccccc6c6ccccc6c5c4)c3)cc2)cc1. The van der Waals surface area contributed by atoms with Gasteiger partial charge in [0, 0.05) is 17.1 Å². The maximum atomic E-state index is 2.47. The van der Waals surface area contributed by atoms with E-state index in [2.05, 4.69) is 241 Å². The van der Waals surface area contributed by atoms with Gasteiger partial charge in [-0.2, -0.15) is 0 Å². The van der Waals surface area contributed by atoms with Crippen molar-refractivity contribution < 1.29 is 0 Å². The molecule has 0 atom stereocenters. The minimum absolute atomic E-state index is 0.392. The summed E-state index contributed by atoms with van der Waals surface area (Å²) in [7, 11) is 0. The zero-order valence-corrected chi connectivity index (χ0v) is 34.0. The van der Waals surface area contributed by atoms with Gasteiger partial charge in [-0.1, -0.05) is 200 Å². The summed E-state index contributed by atoms with van der Waals surface area (Å²) < 4.78 is 0. The smallest absolute Gasteiger partial charge is 0.0725 e. The average Bonchev–Trinajstić information content (AvgIpc) is 3.82. The summed E-state index contributed by atoms with van der Waals surface area (Å²) in [6.07, 6.45) is 0. The van der Waals surface area contributed by atoms with Crippen LogP contribution < -0.4 is 4.90 Å². The van der Waals surface area contributed by atoms with Crippen LogP contribution in [-0.2, 0) is 5.41 Å². The lowest BCUT2D eigenvalue weighted by Gasteiger charge is -2.31. The Kier molecular flexibility index (Phi) is 7.59. The van der Waals surface area contributed by atoms with Crippen molar-refractivity contribution in [3.63, 3.8) is 0 Å². The van der Waals surface area contributed by atoms with Crippen LogP contribution in [0.1, 0.15) is 22.3 Å². The fourth-order valence-corrected chi connectivity index (χ4v) is 11.0. The second-order valence-corrected chi connectivity index (χ2v) is 16.8. The van der Waals surface area contributed by atoms with E-state index in [4.69, 9.17) is 0 Å². The van der Waals surface area contributed by atoms with E-state index in [1.807, 2.05) is 0 Å². The molecule has 1 heteroatoms. The van der Waals surface area contributed by atoms with Crippen LogP contribution >= 0.6 is 0 Å². The van der Waals surface area contributed by atoms with Gasteiger partial charge in [0.05, 0.1) is 5.41 Å². The number of nitrogens with zero attached hydrogens (tertiary/aromatic N) is 1. The van der Waals surface area contributed by atoms with Gasteiger partial charge in [-0.05, 0) is 135 Å². The van der Waals surface area contributed by atoms with E-state index >= 15 is 0 Å². The predicted molar refractivity (Wildman–Crippen MR) is 261 cm³/mol. The number of hydrogen-bond acceptors (Lipinski definition) is 1. The van der Waals surface area contributed by atoms with Gasteiger partial charge < -0.3 is 4.90 Å². The zero-order chi connectivity index (χ0) is 40.8. The molecule has 0 saturated heterocycles. The van der Waals surface area contributed by atoms with Crippen molar-refractivity contribution in [2.75, 3.05) is 4.90 Å². The largest absolute Gasteiger partial charge is 0.310 e. The van der Waals surface area contributed by atoms with E-state index in [0.29, 0.717) is 0 Å². The van der Waals surface area contributed by atoms with Crippen LogP contribution in [0.3, 0.4) is 0 Å². The van der Waals surface area contributed by atoms with Crippen molar-refractivity contribution in [3.8, 4) is 44.5 Å². The number of hydrogen-bond donors (Lipinski definition) is 0. The Hall–Kier alpha value is -8.00. The van der Waals surface area contributed by atoms with E-state index in [1.54, 1.807) is 0 Å². The summed E-state index contributed by atoms with van der Waals surface area (Å²) in [5.74, 6) is 0. The van der Waals surface area contributed by atoms with Crippen molar-refractivity contribution in [1.29, 1.82) is 0 Å². The van der Waals surface area contributed by atoms with Gasteiger partial charge in [-0.15, -0.1) is 0 Å². The van der Waals surface area contributed by atoms with Gasteiger partial charge >= 0.3 is 0 Å². The number of rotatable bonds is 5. The minimum Gasteiger partial charge on any atom is -0.310 e. The molecule has 2 aliphatic rings. The van der Waals surface area contributed by atoms with Gasteiger partial charge in [0.2, 0.25) is 0 Å². The first kappa shape index (κ1) is 34.8. The maximum absolute atomic E-state index is 2.47. The van der Waals surface area contributed by atoms with Crippen molar-refractivity contribution in [1.82, 2.24) is 0 Å². The standard InChI is InChI=1S/C61H39N/c1-2-15-40(16-3-1)41-29-31-42(32-30-41)43-17-14-18-44(37-43)62(45-33-35-51-49-21-5-4-19-47(49)48-20-6-7-22-50(48)55(51)38-45)46-34-36-60-56(39-46)54-25-10-13-28-59(54)61(60)57-26-11-8-23-52(57)53-24-9-12-27-58(53)61/h1-39H. The second-order valence-electron chi connectivity index (χ2n) is 16.8. The molecule has 0 aliphatic heterocycles. The summed E-state index contributed by atoms with van der Waals surface area (Å²) in [6, 6.07) is 87.8. The molecule has 62 heavy (non-hydrogen) atoms. The molecule has 0 amide bonds. The fourth-order valence-electron chi connectivity index (χ4n) is 11.0. The minimum atomic E-state index is -0.392. The van der Waals surface area contributed by atoms with Crippen molar-refractivity contribution in [3.05, 3.63) is 259 Å². The predicted octanol–water partition coefficient (Wildman–Crippen LogP) is 16.3. The van der Waals surface area contributed by atoms with Crippen LogP contribution in [-0.4, -0.2) is 0 Å². The molecule has 1 spiro atoms. The Bertz CT molecular complexity index is 3500. The van der Waals surface area contributed by atoms with Gasteiger partial charge in [0.25, 0.3) is 0 Å². The van der Waals surface area contributed by atoms with Crippen molar-refractivity contribution in [2.24, 2.45) is 0 Å². The second kappa shape index (κ2) is 13.5. The number of fused-ring (bicyclic) bond motifs is 16. The van der Waals surface area contributed by atoms with Gasteiger partial charge in [-0.25, -0.2) is 0 Å². The van der Waals surface area contributed by atoms with Crippen LogP contribution in [0.4, 0.5) is 17.1 Å². The Morgan fingerprint density at radius 3 is 1.24 bits per heavy atom. The topological polar surface area (TPSA) is 3.24 Å². The highest BCUT2D eigenvalue weighted by molar-refractivity contribution is 6.25. The van der Waals surface area contributed by atoms with Crippen LogP contribution in [0.15, 0.2) is 237 Å². The molecular formula is C61H39N. The van der Waals surface area contributed by atoms with Gasteiger partial charge in [-0.3, -0.25) is 0 Å². The van der Waals surface area contributed by atoms with E-state index in [0.717, 1.165) is 17.1 Å². The monoisotopic (exact) mass is 785 g/mol. The van der Waals surface area contributed by atoms with Crippen molar-refractivity contribution in [2.45, 2.75) is 5.41 Å². The van der Waals surface area contributed by atoms with E-state index in [-0.39, 0.29) is 0 Å². The highest BCUT2D eigenvalue weighted by Crippen LogP contribution is 2.63. The number of benzene rings is 11. The third kappa shape index (κ3) is 4.97. The zero-order valence-electron chi connectivity index (χ0n) is 34.0. The van der Waals surface area contributed by atoms with Crippen molar-refractivity contribution >= 4 is 49.4 Å². The number of anilines is 3. The molecule has 0 unspecified atom stereocenters. The lowest BCUT2D eigenvalue weighted by atomic mass is 9.70. The summed E-state index contributed by atoms with van der Waals surface area (Å²) >= 11 is 0. The molecule has 0 heterocycles. The Morgan fingerprint density at radius 1 is 0.226 bits per heavy atom. The first-order valence-corrected chi connectivity index (χ1v) is 21.6. The third-order valence-electron chi connectivity index (χ3n) is 13.7. The molecule has 2 aliphatic carbocycles. The molecule has 0 fully saturated rings. The molecule has 11 aromatic rings. The Morgan fingerprint density at radius 2 is 0.629 bits per heavy atom. The van der Waals surface area contributed by atoms with E-state index in [1.165, 1.54) is 99.1 Å². The molecule has 0 aromatic heterocycles. The molecular weight excluding hydrogens is 747 g/mol. The quantitative estimate of drug-likeness (QED) is 0.157. The summed E-state index contributed by atoms with van der Waals surface area (Å²) in [6.45, 7) is 0. The summed E-state index contributed by atoms with van der Waals surface area (Å²) in [5.41, 5.74) is 18.4. The highest BCUT2D eigenvalue weighted by Gasteiger charge is 2.51. The molecule has 0 radical (unpaired) electrons. The van der Waals surface area contributed by atoms with Crippen LogP contribution in [0, 0.1) is 0 Å². The third-order valence-corrected chi connectivity index (χ3v) is 13.7. The average molecular weight is 786 g/mol. The first-order chi connectivity index (χ1) is 30.8.